The average molecular weight is 1930 g/mol. The molecule has 0 aliphatic heterocycles. The van der Waals surface area contributed by atoms with Gasteiger partial charge in [-0.1, -0.05) is 112 Å². The van der Waals surface area contributed by atoms with Crippen molar-refractivity contribution in [1.29, 1.82) is 0 Å². The number of benzene rings is 7. The van der Waals surface area contributed by atoms with Gasteiger partial charge in [-0.25, -0.2) is 19.3 Å². The van der Waals surface area contributed by atoms with Crippen molar-refractivity contribution < 1.29 is 82.1 Å². The van der Waals surface area contributed by atoms with Gasteiger partial charge in [0.25, 0.3) is 0 Å². The number of rotatable bonds is 7. The van der Waals surface area contributed by atoms with Crippen LogP contribution in [0.1, 0.15) is 26.8 Å². The Morgan fingerprint density at radius 2 is 0.682 bits per heavy atom. The van der Waals surface area contributed by atoms with Crippen molar-refractivity contribution >= 4 is 66.2 Å². The van der Waals surface area contributed by atoms with Crippen LogP contribution in [0.3, 0.4) is 0 Å². The molecule has 0 saturated heterocycles. The second kappa shape index (κ2) is 36.7. The van der Waals surface area contributed by atoms with Crippen molar-refractivity contribution in [1.82, 2.24) is 44.9 Å². The summed E-state index contributed by atoms with van der Waals surface area (Å²) in [6.45, 7) is 3.76. The van der Waals surface area contributed by atoms with Crippen LogP contribution in [0, 0.1) is 69.8 Å². The number of hydrogen-bond acceptors (Lipinski definition) is 12. The van der Waals surface area contributed by atoms with Crippen LogP contribution in [0.4, 0.5) is 4.39 Å². The standard InChI is InChI=1S/C23H14FN2O.2C17H11N2O.C12H10N.2C11H8N.3Ir/c1-14-5-10-19-18-3-2-4-20(22(18)27-23(19)26-14)21-13-16(11-12-25-21)15-6-8-17(24)9-7-15;2*1-11-8-9-13-12-5-4-6-14(15-7-2-3-10-18-15)16(12)20-17(13)19-11;1-10-7-8-12(13-9-10)11-5-3-2-4-6-11;2*1-2-6-10(7-3-1)11-8-4-5-9-12-11;;;/h2-3,5-13H,1H3;2*2-5,7-10H,1H3;2-5,7-9H,1H3;2*1-6,8-9H;;;/q6*-1;;;/i;;;1D3;;;;;. The van der Waals surface area contributed by atoms with E-state index in [4.69, 9.17) is 17.4 Å². The van der Waals surface area contributed by atoms with Crippen molar-refractivity contribution in [2.45, 2.75) is 27.6 Å². The molecule has 19 rings (SSSR count). The first kappa shape index (κ1) is 72.1. The molecule has 0 aliphatic rings. The molecule has 0 amide bonds. The quantitative estimate of drug-likeness (QED) is 0.139. The van der Waals surface area contributed by atoms with Crippen molar-refractivity contribution in [3.05, 3.63) is 369 Å². The van der Waals surface area contributed by atoms with E-state index in [2.05, 4.69) is 81.3 Å². The zero-order chi connectivity index (χ0) is 73.5. The summed E-state index contributed by atoms with van der Waals surface area (Å²) >= 11 is 0. The van der Waals surface area contributed by atoms with Gasteiger partial charge in [-0.2, -0.15) is 0 Å². The molecule has 0 bridgehead atoms. The maximum absolute atomic E-state index is 13.2. The van der Waals surface area contributed by atoms with E-state index in [1.165, 1.54) is 18.3 Å². The monoisotopic (exact) mass is 1930 g/mol. The van der Waals surface area contributed by atoms with Gasteiger partial charge < -0.3 is 43.2 Å². The van der Waals surface area contributed by atoms with Gasteiger partial charge in [0.1, 0.15) is 5.82 Å². The minimum atomic E-state index is -2.09. The fraction of sp³-hybridized carbons (Fsp3) is 0.0440. The molecule has 529 valence electrons. The Kier molecular flexibility index (Phi) is 24.8. The van der Waals surface area contributed by atoms with Gasteiger partial charge in [-0.05, 0) is 157 Å². The summed E-state index contributed by atoms with van der Waals surface area (Å²) in [6.07, 6.45) is 10.3. The van der Waals surface area contributed by atoms with Crippen LogP contribution in [-0.2, 0) is 60.3 Å². The molecule has 0 aliphatic carbocycles. The number of aromatic nitrogens is 9. The minimum absolute atomic E-state index is 0. The smallest absolute Gasteiger partial charge is 0.216 e. The van der Waals surface area contributed by atoms with Crippen LogP contribution in [0.5, 0.6) is 0 Å². The first-order chi connectivity index (χ1) is 52.3. The van der Waals surface area contributed by atoms with Crippen LogP contribution in [0.15, 0.2) is 317 Å². The third-order valence-corrected chi connectivity index (χ3v) is 16.4. The van der Waals surface area contributed by atoms with E-state index in [9.17, 15) is 4.39 Å². The third kappa shape index (κ3) is 18.6. The molecule has 3 radical (unpaired) electrons. The molecule has 12 aromatic heterocycles. The van der Waals surface area contributed by atoms with Gasteiger partial charge in [0.05, 0.1) is 16.7 Å². The number of pyridine rings is 9. The Hall–Kier alpha value is -11.8. The summed E-state index contributed by atoms with van der Waals surface area (Å²) in [5, 5.41) is 6.10. The molecule has 12 heterocycles. The zero-order valence-electron chi connectivity index (χ0n) is 60.5. The summed E-state index contributed by atoms with van der Waals surface area (Å²) in [6, 6.07) is 103. The third-order valence-electron chi connectivity index (χ3n) is 16.4. The molecule has 0 atom stereocenters. The molecule has 0 spiro atoms. The molecule has 107 heavy (non-hydrogen) atoms. The second-order valence-electron chi connectivity index (χ2n) is 23.6. The van der Waals surface area contributed by atoms with Crippen LogP contribution >= 0.6 is 0 Å². The van der Waals surface area contributed by atoms with E-state index >= 15 is 0 Å². The molecule has 0 N–H and O–H groups in total. The van der Waals surface area contributed by atoms with Crippen molar-refractivity contribution in [2.75, 3.05) is 0 Å². The fourth-order valence-corrected chi connectivity index (χ4v) is 11.4. The Morgan fingerprint density at radius 3 is 1.04 bits per heavy atom. The normalized spacial score (nSPS) is 11.0. The van der Waals surface area contributed by atoms with Crippen LogP contribution in [0.25, 0.3) is 145 Å². The Bertz CT molecular complexity index is 5860. The molecule has 19 aromatic rings. The summed E-state index contributed by atoms with van der Waals surface area (Å²) < 4.78 is 52.8. The van der Waals surface area contributed by atoms with E-state index < -0.39 is 6.85 Å². The molecule has 7 aromatic carbocycles. The summed E-state index contributed by atoms with van der Waals surface area (Å²) in [5.41, 5.74) is 19.8. The van der Waals surface area contributed by atoms with Crippen molar-refractivity contribution in [2.24, 2.45) is 0 Å². The Morgan fingerprint density at radius 1 is 0.308 bits per heavy atom. The first-order valence-corrected chi connectivity index (χ1v) is 33.2. The number of hydrogen-bond donors (Lipinski definition) is 0. The maximum Gasteiger partial charge on any atom is 0.216 e. The Labute approximate surface area is 663 Å². The molecule has 12 nitrogen and oxygen atoms in total. The molecule has 0 saturated carbocycles. The van der Waals surface area contributed by atoms with E-state index in [1.807, 2.05) is 245 Å². The molecule has 16 heteroatoms. The second-order valence-corrected chi connectivity index (χ2v) is 23.6. The van der Waals surface area contributed by atoms with Gasteiger partial charge in [0, 0.05) is 135 Å². The van der Waals surface area contributed by atoms with E-state index in [1.54, 1.807) is 61.3 Å². The van der Waals surface area contributed by atoms with Crippen LogP contribution < -0.4 is 0 Å². The van der Waals surface area contributed by atoms with E-state index in [0.717, 1.165) is 139 Å². The number of aryl methyl sites for hydroxylation is 4. The molecule has 0 fully saturated rings. The van der Waals surface area contributed by atoms with Crippen LogP contribution in [-0.4, -0.2) is 44.9 Å². The number of furan rings is 3. The number of fused-ring (bicyclic) bond motifs is 9. The first-order valence-electron chi connectivity index (χ1n) is 34.7. The molecular formula is C91H62FIr3N9O3-6. The minimum Gasteiger partial charge on any atom is -0.486 e. The average Bonchev–Trinajstić information content (AvgIpc) is 1.62. The predicted molar refractivity (Wildman–Crippen MR) is 411 cm³/mol. The summed E-state index contributed by atoms with van der Waals surface area (Å²) in [4.78, 5) is 39.2. The van der Waals surface area contributed by atoms with E-state index in [-0.39, 0.29) is 71.7 Å². The predicted octanol–water partition coefficient (Wildman–Crippen LogP) is 22.2. The Balaban J connectivity index is 0.000000133. The number of halogens is 1. The summed E-state index contributed by atoms with van der Waals surface area (Å²) in [5.74, 6) is -0.254. The fourth-order valence-electron chi connectivity index (χ4n) is 11.4. The molecular weight excluding hydrogens is 1860 g/mol. The zero-order valence-corrected chi connectivity index (χ0v) is 64.7. The van der Waals surface area contributed by atoms with Gasteiger partial charge in [0.2, 0.25) is 17.1 Å². The van der Waals surface area contributed by atoms with Crippen molar-refractivity contribution in [3.8, 4) is 78.7 Å². The van der Waals surface area contributed by atoms with Gasteiger partial charge >= 0.3 is 0 Å². The van der Waals surface area contributed by atoms with Gasteiger partial charge in [0.15, 0.2) is 0 Å². The molecule has 0 unspecified atom stereocenters. The largest absolute Gasteiger partial charge is 0.486 e. The van der Waals surface area contributed by atoms with Crippen LogP contribution in [0.2, 0.25) is 0 Å². The van der Waals surface area contributed by atoms with Gasteiger partial charge in [-0.3, -0.25) is 0 Å². The maximum atomic E-state index is 13.2. The topological polar surface area (TPSA) is 155 Å². The number of nitrogens with zero attached hydrogens (tertiary/aromatic N) is 9. The van der Waals surface area contributed by atoms with Gasteiger partial charge in [-0.15, -0.1) is 162 Å². The van der Waals surface area contributed by atoms with E-state index in [0.29, 0.717) is 22.7 Å². The SMILES string of the molecule is Cc1ccc2c(n1)oc1c(-c3cc(-c4ccc(F)cc4)ccn3)[c-]ccc12.Cc1ccc2c(n1)oc1c(-c3ccccn3)[c-]ccc12.Cc1ccc2c(n1)oc1c(-c3ccccn3)[c-]ccc12.[2H]C([2H])([2H])c1ccc(-c2[c-]cccc2)nc1.[Ir].[Ir].[Ir].[c-]1ccccc1-c1ccccn1.[c-]1ccccc1-c1ccccn1. The summed E-state index contributed by atoms with van der Waals surface area (Å²) in [7, 11) is 0. The van der Waals surface area contributed by atoms with Crippen molar-refractivity contribution in [3.63, 3.8) is 0 Å².